The molecule has 3 rings (SSSR count). The van der Waals surface area contributed by atoms with Gasteiger partial charge < -0.3 is 29.6 Å². The zero-order valence-electron chi connectivity index (χ0n) is 22.3. The van der Waals surface area contributed by atoms with Crippen molar-refractivity contribution in [2.75, 3.05) is 39.1 Å². The normalized spacial score (nSPS) is 10.9. The number of anilines is 2. The van der Waals surface area contributed by atoms with Crippen LogP contribution in [0.2, 0.25) is 0 Å². The Hall–Kier alpha value is -5.74. The first-order chi connectivity index (χ1) is 19.4. The Labute approximate surface area is 231 Å². The van der Waals surface area contributed by atoms with Crippen LogP contribution in [0.3, 0.4) is 0 Å². The minimum atomic E-state index is -0.694. The van der Waals surface area contributed by atoms with E-state index in [4.69, 9.17) is 18.9 Å². The van der Waals surface area contributed by atoms with Gasteiger partial charge in [0.15, 0.2) is 23.0 Å². The smallest absolute Gasteiger partial charge is 0.266 e. The molecule has 0 atom stereocenters. The minimum absolute atomic E-state index is 0.181. The van der Waals surface area contributed by atoms with Gasteiger partial charge in [-0.3, -0.25) is 9.59 Å². The van der Waals surface area contributed by atoms with Crippen molar-refractivity contribution in [3.05, 3.63) is 82.9 Å². The van der Waals surface area contributed by atoms with Gasteiger partial charge in [-0.25, -0.2) is 0 Å². The van der Waals surface area contributed by atoms with Gasteiger partial charge in [-0.15, -0.1) is 0 Å². The molecule has 0 aliphatic heterocycles. The lowest BCUT2D eigenvalue weighted by Gasteiger charge is -2.12. The lowest BCUT2D eigenvalue weighted by molar-refractivity contribution is -0.113. The van der Waals surface area contributed by atoms with Gasteiger partial charge in [0.25, 0.3) is 11.8 Å². The maximum Gasteiger partial charge on any atom is 0.266 e. The number of methoxy groups -OCH3 is 4. The second-order valence-electron chi connectivity index (χ2n) is 8.02. The summed E-state index contributed by atoms with van der Waals surface area (Å²) in [5.41, 5.74) is 1.20. The highest BCUT2D eigenvalue weighted by Crippen LogP contribution is 2.30. The molecular weight excluding hydrogens is 512 g/mol. The number of hydrogen-bond acceptors (Lipinski definition) is 8. The van der Waals surface area contributed by atoms with E-state index < -0.39 is 11.8 Å². The number of nitrogens with zero attached hydrogens (tertiary/aromatic N) is 2. The van der Waals surface area contributed by atoms with Gasteiger partial charge in [0.2, 0.25) is 0 Å². The van der Waals surface area contributed by atoms with Gasteiger partial charge in [-0.1, -0.05) is 24.3 Å². The number of ether oxygens (including phenoxy) is 4. The summed E-state index contributed by atoms with van der Waals surface area (Å²) in [6, 6.07) is 20.1. The Kier molecular flexibility index (Phi) is 9.87. The molecule has 0 aromatic heterocycles. The first-order valence-corrected chi connectivity index (χ1v) is 11.8. The molecule has 10 heteroatoms. The third-order valence-electron chi connectivity index (χ3n) is 5.59. The summed E-state index contributed by atoms with van der Waals surface area (Å²) < 4.78 is 21.0. The summed E-state index contributed by atoms with van der Waals surface area (Å²) in [7, 11) is 5.97. The molecule has 40 heavy (non-hydrogen) atoms. The monoisotopic (exact) mass is 538 g/mol. The van der Waals surface area contributed by atoms with Crippen LogP contribution < -0.4 is 29.6 Å². The molecule has 0 spiro atoms. The largest absolute Gasteiger partial charge is 0.493 e. The molecule has 0 radical (unpaired) electrons. The molecule has 10 nitrogen and oxygen atoms in total. The van der Waals surface area contributed by atoms with Crippen molar-refractivity contribution in [3.8, 4) is 35.1 Å². The molecule has 3 aromatic carbocycles. The van der Waals surface area contributed by atoms with Crippen LogP contribution >= 0.6 is 0 Å². The summed E-state index contributed by atoms with van der Waals surface area (Å²) >= 11 is 0. The van der Waals surface area contributed by atoms with Gasteiger partial charge in [-0.2, -0.15) is 10.5 Å². The fourth-order valence-electron chi connectivity index (χ4n) is 3.60. The molecule has 2 amide bonds. The van der Waals surface area contributed by atoms with Crippen molar-refractivity contribution in [1.29, 1.82) is 10.5 Å². The van der Waals surface area contributed by atoms with Crippen molar-refractivity contribution in [3.63, 3.8) is 0 Å². The highest BCUT2D eigenvalue weighted by atomic mass is 16.5. The number of nitrogens with one attached hydrogen (secondary N) is 2. The molecule has 0 saturated carbocycles. The van der Waals surface area contributed by atoms with Crippen molar-refractivity contribution >= 4 is 35.3 Å². The summed E-state index contributed by atoms with van der Waals surface area (Å²) in [6.45, 7) is 0. The molecule has 0 aliphatic rings. The summed E-state index contributed by atoms with van der Waals surface area (Å²) in [5.74, 6) is 0.502. The van der Waals surface area contributed by atoms with Crippen molar-refractivity contribution in [2.24, 2.45) is 0 Å². The molecule has 0 saturated heterocycles. The number of rotatable bonds is 10. The standard InChI is InChI=1S/C30H26N4O6/c1-37-25-11-9-19(15-27(25)39-3)13-21(17-31)29(35)33-23-7-5-6-8-24(23)34-30(36)22(18-32)14-20-10-12-26(38-2)28(16-20)40-4/h5-16H,1-4H3,(H,33,35)(H,34,36)/b21-13+,22-14+. The van der Waals surface area contributed by atoms with Crippen LogP contribution in [0.5, 0.6) is 23.0 Å². The van der Waals surface area contributed by atoms with Gasteiger partial charge in [0.05, 0.1) is 39.8 Å². The Bertz CT molecular complexity index is 1450. The Morgan fingerprint density at radius 3 is 1.32 bits per heavy atom. The quantitative estimate of drug-likeness (QED) is 0.277. The van der Waals surface area contributed by atoms with Gasteiger partial charge in [0, 0.05) is 0 Å². The van der Waals surface area contributed by atoms with E-state index in [-0.39, 0.29) is 22.5 Å². The first-order valence-electron chi connectivity index (χ1n) is 11.8. The van der Waals surface area contributed by atoms with E-state index in [2.05, 4.69) is 10.6 Å². The van der Waals surface area contributed by atoms with Crippen molar-refractivity contribution < 1.29 is 28.5 Å². The zero-order chi connectivity index (χ0) is 29.1. The molecule has 202 valence electrons. The average Bonchev–Trinajstić information content (AvgIpc) is 2.98. The number of carbonyl (C=O) groups is 2. The van der Waals surface area contributed by atoms with Crippen LogP contribution in [0.25, 0.3) is 12.2 Å². The Balaban J connectivity index is 1.83. The van der Waals surface area contributed by atoms with Crippen LogP contribution in [-0.2, 0) is 9.59 Å². The molecule has 0 unspecified atom stereocenters. The molecule has 0 bridgehead atoms. The molecule has 0 aliphatic carbocycles. The maximum absolute atomic E-state index is 13.0. The summed E-state index contributed by atoms with van der Waals surface area (Å²) in [6.07, 6.45) is 2.80. The lowest BCUT2D eigenvalue weighted by Crippen LogP contribution is -2.18. The van der Waals surface area contributed by atoms with E-state index in [9.17, 15) is 20.1 Å². The average molecular weight is 539 g/mol. The van der Waals surface area contributed by atoms with Gasteiger partial charge in [0.1, 0.15) is 23.3 Å². The maximum atomic E-state index is 13.0. The first kappa shape index (κ1) is 28.8. The zero-order valence-corrected chi connectivity index (χ0v) is 22.3. The number of amides is 2. The van der Waals surface area contributed by atoms with E-state index in [0.717, 1.165) is 0 Å². The minimum Gasteiger partial charge on any atom is -0.493 e. The van der Waals surface area contributed by atoms with Crippen LogP contribution in [0, 0.1) is 22.7 Å². The van der Waals surface area contributed by atoms with E-state index >= 15 is 0 Å². The van der Waals surface area contributed by atoms with Crippen LogP contribution in [0.15, 0.2) is 71.8 Å². The number of benzene rings is 3. The van der Waals surface area contributed by atoms with Crippen LogP contribution in [-0.4, -0.2) is 40.3 Å². The highest BCUT2D eigenvalue weighted by Gasteiger charge is 2.16. The molecule has 0 fully saturated rings. The summed E-state index contributed by atoms with van der Waals surface area (Å²) in [4.78, 5) is 25.9. The Morgan fingerprint density at radius 1 is 0.625 bits per heavy atom. The van der Waals surface area contributed by atoms with Crippen molar-refractivity contribution in [2.45, 2.75) is 0 Å². The third kappa shape index (κ3) is 6.97. The Morgan fingerprint density at radius 2 is 1.00 bits per heavy atom. The van der Waals surface area contributed by atoms with Gasteiger partial charge in [-0.05, 0) is 59.7 Å². The fourth-order valence-corrected chi connectivity index (χ4v) is 3.60. The third-order valence-corrected chi connectivity index (χ3v) is 5.59. The number of hydrogen-bond donors (Lipinski definition) is 2. The predicted octanol–water partition coefficient (Wildman–Crippen LogP) is 4.81. The number of nitriles is 2. The number of para-hydroxylation sites is 2. The molecule has 2 N–H and O–H groups in total. The molecule has 0 heterocycles. The highest BCUT2D eigenvalue weighted by molar-refractivity contribution is 6.14. The predicted molar refractivity (Wildman–Crippen MR) is 150 cm³/mol. The summed E-state index contributed by atoms with van der Waals surface area (Å²) in [5, 5.41) is 24.5. The molecule has 3 aromatic rings. The van der Waals surface area contributed by atoms with Crippen LogP contribution in [0.4, 0.5) is 11.4 Å². The molecular formula is C30H26N4O6. The van der Waals surface area contributed by atoms with E-state index in [1.807, 2.05) is 12.1 Å². The van der Waals surface area contributed by atoms with Crippen molar-refractivity contribution in [1.82, 2.24) is 0 Å². The second kappa shape index (κ2) is 13.7. The SMILES string of the molecule is COc1ccc(/C=C(\C#N)C(=O)Nc2ccccc2NC(=O)/C(C#N)=C/c2ccc(OC)c(OC)c2)cc1OC. The van der Waals surface area contributed by atoms with E-state index in [1.165, 1.54) is 40.6 Å². The fraction of sp³-hybridized carbons (Fsp3) is 0.133. The van der Waals surface area contributed by atoms with E-state index in [0.29, 0.717) is 34.1 Å². The number of carbonyl (C=O) groups excluding carboxylic acids is 2. The van der Waals surface area contributed by atoms with Crippen LogP contribution in [0.1, 0.15) is 11.1 Å². The lowest BCUT2D eigenvalue weighted by atomic mass is 10.1. The van der Waals surface area contributed by atoms with E-state index in [1.54, 1.807) is 60.7 Å². The van der Waals surface area contributed by atoms with Gasteiger partial charge >= 0.3 is 0 Å². The topological polar surface area (TPSA) is 143 Å². The second-order valence-corrected chi connectivity index (χ2v) is 8.02.